The molecular weight excluding hydrogens is 196 g/mol. The van der Waals surface area contributed by atoms with Crippen molar-refractivity contribution in [2.45, 2.75) is 25.3 Å². The summed E-state index contributed by atoms with van der Waals surface area (Å²) < 4.78 is 25.8. The summed E-state index contributed by atoms with van der Waals surface area (Å²) >= 11 is 0. The molecule has 0 aromatic rings. The highest BCUT2D eigenvalue weighted by Gasteiger charge is 2.48. The Balaban J connectivity index is 2.83. The molecule has 0 aliphatic carbocycles. The molecule has 5 nitrogen and oxygen atoms in total. The fraction of sp³-hybridized carbons (Fsp3) is 0.714. The third-order valence-corrected chi connectivity index (χ3v) is 2.12. The molecule has 0 saturated carbocycles. The standard InChI is InChI=1S/C7H11F2N3O2/c1-4(13)12-3-7(8,9)2-5(12)6(14)11-10/h5H,2-3,10H2,1H3,(H,11,14). The monoisotopic (exact) mass is 207 g/mol. The van der Waals surface area contributed by atoms with E-state index in [1.165, 1.54) is 0 Å². The summed E-state index contributed by atoms with van der Waals surface area (Å²) in [5.41, 5.74) is 1.76. The molecule has 0 aromatic heterocycles. The molecule has 1 aliphatic rings. The second kappa shape index (κ2) is 3.49. The van der Waals surface area contributed by atoms with Crippen molar-refractivity contribution in [1.29, 1.82) is 0 Å². The number of nitrogens with zero attached hydrogens (tertiary/aromatic N) is 1. The number of carbonyl (C=O) groups excluding carboxylic acids is 2. The fourth-order valence-electron chi connectivity index (χ4n) is 1.48. The van der Waals surface area contributed by atoms with Crippen molar-refractivity contribution < 1.29 is 18.4 Å². The Labute approximate surface area is 79.2 Å². The molecule has 1 atom stereocenters. The highest BCUT2D eigenvalue weighted by atomic mass is 19.3. The minimum Gasteiger partial charge on any atom is -0.325 e. The number of halogens is 2. The number of alkyl halides is 2. The van der Waals surface area contributed by atoms with E-state index in [4.69, 9.17) is 5.84 Å². The van der Waals surface area contributed by atoms with Crippen LogP contribution in [0.25, 0.3) is 0 Å². The number of amides is 2. The summed E-state index contributed by atoms with van der Waals surface area (Å²) in [6.07, 6.45) is -0.671. The lowest BCUT2D eigenvalue weighted by Gasteiger charge is -2.20. The molecule has 1 rings (SSSR count). The van der Waals surface area contributed by atoms with Gasteiger partial charge in [0, 0.05) is 13.3 Å². The number of nitrogens with two attached hydrogens (primary N) is 1. The predicted octanol–water partition coefficient (Wildman–Crippen LogP) is -0.768. The van der Waals surface area contributed by atoms with Crippen LogP contribution in [0, 0.1) is 0 Å². The van der Waals surface area contributed by atoms with E-state index in [0.717, 1.165) is 11.8 Å². The van der Waals surface area contributed by atoms with Gasteiger partial charge in [-0.05, 0) is 0 Å². The Morgan fingerprint density at radius 2 is 2.14 bits per heavy atom. The van der Waals surface area contributed by atoms with Gasteiger partial charge in [-0.2, -0.15) is 0 Å². The second-order valence-electron chi connectivity index (χ2n) is 3.23. The first-order chi connectivity index (χ1) is 6.37. The average molecular weight is 207 g/mol. The highest BCUT2D eigenvalue weighted by Crippen LogP contribution is 2.31. The zero-order chi connectivity index (χ0) is 10.9. The van der Waals surface area contributed by atoms with Crippen LogP contribution in [0.15, 0.2) is 0 Å². The molecule has 1 unspecified atom stereocenters. The number of likely N-dealkylation sites (tertiary alicyclic amines) is 1. The number of hydrogen-bond acceptors (Lipinski definition) is 3. The molecule has 3 N–H and O–H groups in total. The van der Waals surface area contributed by atoms with Gasteiger partial charge in [0.15, 0.2) is 0 Å². The van der Waals surface area contributed by atoms with Crippen LogP contribution in [0.1, 0.15) is 13.3 Å². The number of rotatable bonds is 1. The Hall–Kier alpha value is -1.24. The molecule has 0 spiro atoms. The minimum atomic E-state index is -3.01. The van der Waals surface area contributed by atoms with Gasteiger partial charge in [-0.3, -0.25) is 15.0 Å². The van der Waals surface area contributed by atoms with Crippen LogP contribution in [0.2, 0.25) is 0 Å². The fourth-order valence-corrected chi connectivity index (χ4v) is 1.48. The van der Waals surface area contributed by atoms with E-state index in [1.54, 1.807) is 5.43 Å². The lowest BCUT2D eigenvalue weighted by Crippen LogP contribution is -2.47. The van der Waals surface area contributed by atoms with Crippen LogP contribution in [-0.2, 0) is 9.59 Å². The highest BCUT2D eigenvalue weighted by molar-refractivity contribution is 5.87. The van der Waals surface area contributed by atoms with Gasteiger partial charge in [0.1, 0.15) is 6.04 Å². The molecule has 7 heteroatoms. The first kappa shape index (κ1) is 10.8. The summed E-state index contributed by atoms with van der Waals surface area (Å²) in [5, 5.41) is 0. The molecule has 1 saturated heterocycles. The van der Waals surface area contributed by atoms with Crippen molar-refractivity contribution in [3.8, 4) is 0 Å². The van der Waals surface area contributed by atoms with Crippen LogP contribution < -0.4 is 11.3 Å². The Kier molecular flexibility index (Phi) is 2.70. The van der Waals surface area contributed by atoms with Gasteiger partial charge in [-0.25, -0.2) is 14.6 Å². The van der Waals surface area contributed by atoms with Gasteiger partial charge >= 0.3 is 0 Å². The molecular formula is C7H11F2N3O2. The maximum Gasteiger partial charge on any atom is 0.267 e. The van der Waals surface area contributed by atoms with Crippen LogP contribution in [-0.4, -0.2) is 35.2 Å². The van der Waals surface area contributed by atoms with E-state index >= 15 is 0 Å². The maximum absolute atomic E-state index is 12.9. The molecule has 80 valence electrons. The quantitative estimate of drug-likeness (QED) is 0.337. The average Bonchev–Trinajstić information content (AvgIpc) is 2.40. The van der Waals surface area contributed by atoms with Crippen molar-refractivity contribution in [2.75, 3.05) is 6.54 Å². The SMILES string of the molecule is CC(=O)N1CC(F)(F)CC1C(=O)NN. The summed E-state index contributed by atoms with van der Waals surface area (Å²) in [7, 11) is 0. The third-order valence-electron chi connectivity index (χ3n) is 2.12. The lowest BCUT2D eigenvalue weighted by molar-refractivity contribution is -0.137. The Bertz CT molecular complexity index is 270. The van der Waals surface area contributed by atoms with Crippen molar-refractivity contribution in [2.24, 2.45) is 5.84 Å². The normalized spacial score (nSPS) is 24.9. The maximum atomic E-state index is 12.9. The van der Waals surface area contributed by atoms with E-state index in [1.807, 2.05) is 0 Å². The molecule has 0 radical (unpaired) electrons. The van der Waals surface area contributed by atoms with Gasteiger partial charge in [0.25, 0.3) is 11.8 Å². The van der Waals surface area contributed by atoms with Gasteiger partial charge < -0.3 is 4.90 Å². The molecule has 1 aliphatic heterocycles. The largest absolute Gasteiger partial charge is 0.325 e. The van der Waals surface area contributed by atoms with Gasteiger partial charge in [0.2, 0.25) is 5.91 Å². The minimum absolute atomic E-state index is 0.559. The summed E-state index contributed by atoms with van der Waals surface area (Å²) in [4.78, 5) is 22.8. The van der Waals surface area contributed by atoms with Crippen molar-refractivity contribution >= 4 is 11.8 Å². The van der Waals surface area contributed by atoms with Crippen molar-refractivity contribution in [3.63, 3.8) is 0 Å². The van der Waals surface area contributed by atoms with E-state index in [9.17, 15) is 18.4 Å². The van der Waals surface area contributed by atoms with Crippen molar-refractivity contribution in [1.82, 2.24) is 10.3 Å². The van der Waals surface area contributed by atoms with Crippen molar-refractivity contribution in [3.05, 3.63) is 0 Å². The molecule has 1 fully saturated rings. The van der Waals surface area contributed by atoms with Crippen LogP contribution >= 0.6 is 0 Å². The van der Waals surface area contributed by atoms with E-state index in [2.05, 4.69) is 0 Å². The molecule has 14 heavy (non-hydrogen) atoms. The second-order valence-corrected chi connectivity index (χ2v) is 3.23. The van der Waals surface area contributed by atoms with E-state index in [0.29, 0.717) is 0 Å². The predicted molar refractivity (Wildman–Crippen MR) is 43.1 cm³/mol. The van der Waals surface area contributed by atoms with E-state index in [-0.39, 0.29) is 0 Å². The molecule has 0 bridgehead atoms. The zero-order valence-electron chi connectivity index (χ0n) is 7.59. The summed E-state index contributed by atoms with van der Waals surface area (Å²) in [6.45, 7) is 0.415. The topological polar surface area (TPSA) is 75.4 Å². The Morgan fingerprint density at radius 3 is 2.57 bits per heavy atom. The first-order valence-corrected chi connectivity index (χ1v) is 4.03. The van der Waals surface area contributed by atoms with Crippen LogP contribution in [0.5, 0.6) is 0 Å². The smallest absolute Gasteiger partial charge is 0.267 e. The van der Waals surface area contributed by atoms with Gasteiger partial charge in [-0.1, -0.05) is 0 Å². The number of hydrazine groups is 1. The lowest BCUT2D eigenvalue weighted by atomic mass is 10.2. The number of hydrogen-bond donors (Lipinski definition) is 2. The van der Waals surface area contributed by atoms with Gasteiger partial charge in [0.05, 0.1) is 6.54 Å². The third kappa shape index (κ3) is 1.98. The van der Waals surface area contributed by atoms with Crippen LogP contribution in [0.4, 0.5) is 8.78 Å². The summed E-state index contributed by atoms with van der Waals surface area (Å²) in [6, 6.07) is -1.16. The van der Waals surface area contributed by atoms with Crippen LogP contribution in [0.3, 0.4) is 0 Å². The molecule has 2 amide bonds. The molecule has 1 heterocycles. The number of carbonyl (C=O) groups is 2. The first-order valence-electron chi connectivity index (χ1n) is 4.03. The number of nitrogens with one attached hydrogen (secondary N) is 1. The summed E-state index contributed by atoms with van der Waals surface area (Å²) in [5.74, 6) is 0.484. The van der Waals surface area contributed by atoms with E-state index < -0.39 is 36.7 Å². The Morgan fingerprint density at radius 1 is 1.57 bits per heavy atom. The van der Waals surface area contributed by atoms with Gasteiger partial charge in [-0.15, -0.1) is 0 Å². The zero-order valence-corrected chi connectivity index (χ0v) is 7.59. The molecule has 0 aromatic carbocycles.